The van der Waals surface area contributed by atoms with Crippen LogP contribution in [0.2, 0.25) is 0 Å². The Morgan fingerprint density at radius 3 is 2.50 bits per heavy atom. The molecule has 0 saturated carbocycles. The Morgan fingerprint density at radius 2 is 1.88 bits per heavy atom. The van der Waals surface area contributed by atoms with Crippen LogP contribution in [0.3, 0.4) is 0 Å². The Labute approximate surface area is 97.8 Å². The number of hydrogen-bond acceptors (Lipinski definition) is 3. The summed E-state index contributed by atoms with van der Waals surface area (Å²) in [7, 11) is 4.34. The monoisotopic (exact) mass is 219 g/mol. The largest absolute Gasteiger partial charge is 0.397 e. The zero-order valence-electron chi connectivity index (χ0n) is 10.2. The number of rotatable bonds is 2. The number of nitrogen functional groups attached to an aromatic ring is 1. The van der Waals surface area contributed by atoms with E-state index in [4.69, 9.17) is 5.73 Å². The number of likely N-dealkylation sites (tertiary alicyclic amines) is 1. The van der Waals surface area contributed by atoms with E-state index in [1.165, 1.54) is 25.9 Å². The average Bonchev–Trinajstić information content (AvgIpc) is 2.30. The minimum atomic E-state index is 0.626. The summed E-state index contributed by atoms with van der Waals surface area (Å²) in [5.74, 6) is 0. The number of para-hydroxylation sites is 2. The predicted molar refractivity (Wildman–Crippen MR) is 69.8 cm³/mol. The summed E-state index contributed by atoms with van der Waals surface area (Å²) in [6.45, 7) is 2.36. The van der Waals surface area contributed by atoms with Crippen molar-refractivity contribution in [2.24, 2.45) is 0 Å². The molecule has 2 rings (SSSR count). The standard InChI is InChI=1S/C13H21N3/c1-15-9-7-11(8-10-15)16(2)13-6-4-3-5-12(13)14/h3-6,11H,7-10,14H2,1-2H3. The normalized spacial score (nSPS) is 18.6. The fourth-order valence-electron chi connectivity index (χ4n) is 2.39. The minimum Gasteiger partial charge on any atom is -0.397 e. The number of hydrogen-bond donors (Lipinski definition) is 1. The fourth-order valence-corrected chi connectivity index (χ4v) is 2.39. The van der Waals surface area contributed by atoms with Gasteiger partial charge in [0.1, 0.15) is 0 Å². The molecule has 1 heterocycles. The summed E-state index contributed by atoms with van der Waals surface area (Å²) in [6.07, 6.45) is 2.45. The van der Waals surface area contributed by atoms with Crippen molar-refractivity contribution in [3.05, 3.63) is 24.3 Å². The minimum absolute atomic E-state index is 0.626. The molecular weight excluding hydrogens is 198 g/mol. The van der Waals surface area contributed by atoms with Gasteiger partial charge in [0.25, 0.3) is 0 Å². The lowest BCUT2D eigenvalue weighted by molar-refractivity contribution is 0.253. The third-order valence-electron chi connectivity index (χ3n) is 3.55. The zero-order chi connectivity index (χ0) is 11.5. The van der Waals surface area contributed by atoms with E-state index < -0.39 is 0 Å². The zero-order valence-corrected chi connectivity index (χ0v) is 10.2. The molecule has 0 spiro atoms. The van der Waals surface area contributed by atoms with Gasteiger partial charge in [0.2, 0.25) is 0 Å². The Kier molecular flexibility index (Phi) is 3.34. The SMILES string of the molecule is CN1CCC(N(C)c2ccccc2N)CC1. The molecule has 16 heavy (non-hydrogen) atoms. The number of nitrogens with zero attached hydrogens (tertiary/aromatic N) is 2. The summed E-state index contributed by atoms with van der Waals surface area (Å²) in [5, 5.41) is 0. The quantitative estimate of drug-likeness (QED) is 0.770. The van der Waals surface area contributed by atoms with Gasteiger partial charge in [-0.05, 0) is 45.1 Å². The third-order valence-corrected chi connectivity index (χ3v) is 3.55. The number of piperidine rings is 1. The first-order valence-electron chi connectivity index (χ1n) is 5.94. The molecule has 0 bridgehead atoms. The molecule has 0 aromatic heterocycles. The van der Waals surface area contributed by atoms with Crippen molar-refractivity contribution >= 4 is 11.4 Å². The summed E-state index contributed by atoms with van der Waals surface area (Å²) in [5.41, 5.74) is 8.05. The lowest BCUT2D eigenvalue weighted by Gasteiger charge is -2.36. The lowest BCUT2D eigenvalue weighted by Crippen LogP contribution is -2.42. The van der Waals surface area contributed by atoms with E-state index in [2.05, 4.69) is 36.0 Å². The third kappa shape index (κ3) is 2.30. The smallest absolute Gasteiger partial charge is 0.0599 e. The highest BCUT2D eigenvalue weighted by molar-refractivity contribution is 5.67. The predicted octanol–water partition coefficient (Wildman–Crippen LogP) is 1.80. The van der Waals surface area contributed by atoms with Crippen LogP contribution < -0.4 is 10.6 Å². The molecule has 2 N–H and O–H groups in total. The van der Waals surface area contributed by atoms with Gasteiger partial charge in [0, 0.05) is 13.1 Å². The van der Waals surface area contributed by atoms with Crippen molar-refractivity contribution < 1.29 is 0 Å². The van der Waals surface area contributed by atoms with Gasteiger partial charge in [-0.3, -0.25) is 0 Å². The molecular formula is C13H21N3. The molecule has 0 aliphatic carbocycles. The highest BCUT2D eigenvalue weighted by Gasteiger charge is 2.21. The Hall–Kier alpha value is -1.22. The Balaban J connectivity index is 2.07. The fraction of sp³-hybridized carbons (Fsp3) is 0.538. The second-order valence-electron chi connectivity index (χ2n) is 4.70. The second-order valence-corrected chi connectivity index (χ2v) is 4.70. The summed E-state index contributed by atoms with van der Waals surface area (Å²) in [4.78, 5) is 4.72. The van der Waals surface area contributed by atoms with Gasteiger partial charge in [-0.1, -0.05) is 12.1 Å². The first-order valence-corrected chi connectivity index (χ1v) is 5.94. The maximum atomic E-state index is 6.00. The molecule has 1 fully saturated rings. The first kappa shape index (κ1) is 11.3. The summed E-state index contributed by atoms with van der Waals surface area (Å²) in [6, 6.07) is 8.74. The van der Waals surface area contributed by atoms with Crippen LogP contribution >= 0.6 is 0 Å². The van der Waals surface area contributed by atoms with Gasteiger partial charge >= 0.3 is 0 Å². The molecule has 0 atom stereocenters. The van der Waals surface area contributed by atoms with E-state index in [1.54, 1.807) is 0 Å². The maximum absolute atomic E-state index is 6.00. The number of anilines is 2. The molecule has 3 nitrogen and oxygen atoms in total. The van der Waals surface area contributed by atoms with Crippen LogP contribution in [0, 0.1) is 0 Å². The van der Waals surface area contributed by atoms with Crippen LogP contribution in [-0.4, -0.2) is 38.1 Å². The van der Waals surface area contributed by atoms with Crippen molar-refractivity contribution in [3.63, 3.8) is 0 Å². The van der Waals surface area contributed by atoms with Gasteiger partial charge in [-0.25, -0.2) is 0 Å². The van der Waals surface area contributed by atoms with Gasteiger partial charge in [0.15, 0.2) is 0 Å². The van der Waals surface area contributed by atoms with Gasteiger partial charge in [-0.15, -0.1) is 0 Å². The molecule has 0 unspecified atom stereocenters. The summed E-state index contributed by atoms with van der Waals surface area (Å²) >= 11 is 0. The molecule has 1 aliphatic rings. The molecule has 1 saturated heterocycles. The van der Waals surface area contributed by atoms with Crippen LogP contribution in [0.25, 0.3) is 0 Å². The molecule has 1 aliphatic heterocycles. The van der Waals surface area contributed by atoms with E-state index in [0.717, 1.165) is 11.4 Å². The van der Waals surface area contributed by atoms with Crippen LogP contribution in [-0.2, 0) is 0 Å². The van der Waals surface area contributed by atoms with Crippen molar-refractivity contribution in [1.29, 1.82) is 0 Å². The van der Waals surface area contributed by atoms with Gasteiger partial charge in [0.05, 0.1) is 11.4 Å². The van der Waals surface area contributed by atoms with Crippen molar-refractivity contribution in [2.45, 2.75) is 18.9 Å². The molecule has 88 valence electrons. The van der Waals surface area contributed by atoms with Crippen LogP contribution in [0.15, 0.2) is 24.3 Å². The van der Waals surface area contributed by atoms with Crippen molar-refractivity contribution in [3.8, 4) is 0 Å². The molecule has 1 aromatic carbocycles. The van der Waals surface area contributed by atoms with E-state index in [0.29, 0.717) is 6.04 Å². The Morgan fingerprint density at radius 1 is 1.25 bits per heavy atom. The second kappa shape index (κ2) is 4.74. The molecule has 0 radical (unpaired) electrons. The van der Waals surface area contributed by atoms with E-state index in [9.17, 15) is 0 Å². The van der Waals surface area contributed by atoms with Gasteiger partial charge in [-0.2, -0.15) is 0 Å². The van der Waals surface area contributed by atoms with E-state index >= 15 is 0 Å². The molecule has 1 aromatic rings. The maximum Gasteiger partial charge on any atom is 0.0599 e. The van der Waals surface area contributed by atoms with Crippen molar-refractivity contribution in [2.75, 3.05) is 37.8 Å². The van der Waals surface area contributed by atoms with Crippen molar-refractivity contribution in [1.82, 2.24) is 4.90 Å². The van der Waals surface area contributed by atoms with Crippen LogP contribution in [0.1, 0.15) is 12.8 Å². The van der Waals surface area contributed by atoms with E-state index in [-0.39, 0.29) is 0 Å². The molecule has 0 amide bonds. The Bertz CT molecular complexity index is 343. The summed E-state index contributed by atoms with van der Waals surface area (Å²) < 4.78 is 0. The number of nitrogens with two attached hydrogens (primary N) is 1. The van der Waals surface area contributed by atoms with Crippen LogP contribution in [0.4, 0.5) is 11.4 Å². The van der Waals surface area contributed by atoms with Crippen LogP contribution in [0.5, 0.6) is 0 Å². The van der Waals surface area contributed by atoms with Gasteiger partial charge < -0.3 is 15.5 Å². The number of benzene rings is 1. The van der Waals surface area contributed by atoms with E-state index in [1.807, 2.05) is 12.1 Å². The molecule has 3 heteroatoms. The topological polar surface area (TPSA) is 32.5 Å². The highest BCUT2D eigenvalue weighted by Crippen LogP contribution is 2.26. The lowest BCUT2D eigenvalue weighted by atomic mass is 10.0. The highest BCUT2D eigenvalue weighted by atomic mass is 15.2. The average molecular weight is 219 g/mol. The first-order chi connectivity index (χ1) is 7.68.